The van der Waals surface area contributed by atoms with Crippen LogP contribution in [0.15, 0.2) is 0 Å². The number of ketones is 1. The van der Waals surface area contributed by atoms with Gasteiger partial charge in [-0.3, -0.25) is 14.5 Å². The Hall–Kier alpha value is -0.900. The number of rotatable bonds is 6. The molecule has 0 aromatic rings. The van der Waals surface area contributed by atoms with Crippen molar-refractivity contribution in [3.05, 3.63) is 0 Å². The van der Waals surface area contributed by atoms with Crippen molar-refractivity contribution in [3.8, 4) is 0 Å². The molecule has 1 rings (SSSR count). The zero-order valence-corrected chi connectivity index (χ0v) is 11.1. The van der Waals surface area contributed by atoms with Gasteiger partial charge in [0, 0.05) is 45.6 Å². The van der Waals surface area contributed by atoms with E-state index in [-0.39, 0.29) is 11.7 Å². The van der Waals surface area contributed by atoms with Crippen LogP contribution in [0.1, 0.15) is 39.5 Å². The van der Waals surface area contributed by atoms with Gasteiger partial charge >= 0.3 is 0 Å². The minimum absolute atomic E-state index is 0.242. The van der Waals surface area contributed by atoms with E-state index in [0.717, 1.165) is 45.6 Å². The lowest BCUT2D eigenvalue weighted by Gasteiger charge is -2.34. The standard InChI is InChI=1S/C13H24N2O2/c1-3-4-5-13(17)15-10-8-14(9-11-15)7-6-12(2)16/h3-11H2,1-2H3. The molecule has 0 aliphatic carbocycles. The number of hydrogen-bond acceptors (Lipinski definition) is 3. The third-order valence-corrected chi connectivity index (χ3v) is 3.25. The van der Waals surface area contributed by atoms with Gasteiger partial charge in [0.15, 0.2) is 0 Å². The lowest BCUT2D eigenvalue weighted by molar-refractivity contribution is -0.133. The van der Waals surface area contributed by atoms with Crippen molar-refractivity contribution in [3.63, 3.8) is 0 Å². The molecule has 1 saturated heterocycles. The summed E-state index contributed by atoms with van der Waals surface area (Å²) in [6.07, 6.45) is 3.38. The smallest absolute Gasteiger partial charge is 0.222 e. The summed E-state index contributed by atoms with van der Waals surface area (Å²) >= 11 is 0. The first kappa shape index (κ1) is 14.2. The number of amides is 1. The molecule has 0 N–H and O–H groups in total. The number of Topliss-reactive ketones (excluding diaryl/α,β-unsaturated/α-hetero) is 1. The van der Waals surface area contributed by atoms with Crippen LogP contribution >= 0.6 is 0 Å². The highest BCUT2D eigenvalue weighted by Crippen LogP contribution is 2.06. The summed E-state index contributed by atoms with van der Waals surface area (Å²) in [4.78, 5) is 26.9. The predicted molar refractivity (Wildman–Crippen MR) is 67.8 cm³/mol. The van der Waals surface area contributed by atoms with Gasteiger partial charge < -0.3 is 4.90 Å². The highest BCUT2D eigenvalue weighted by atomic mass is 16.2. The van der Waals surface area contributed by atoms with E-state index in [2.05, 4.69) is 11.8 Å². The molecule has 0 bridgehead atoms. The molecule has 1 aliphatic rings. The van der Waals surface area contributed by atoms with E-state index in [4.69, 9.17) is 0 Å². The number of piperazine rings is 1. The number of nitrogens with zero attached hydrogens (tertiary/aromatic N) is 2. The Morgan fingerprint density at radius 1 is 1.06 bits per heavy atom. The van der Waals surface area contributed by atoms with Gasteiger partial charge in [-0.25, -0.2) is 0 Å². The molecular weight excluding hydrogens is 216 g/mol. The van der Waals surface area contributed by atoms with Crippen molar-refractivity contribution in [2.24, 2.45) is 0 Å². The summed E-state index contributed by atoms with van der Waals surface area (Å²) < 4.78 is 0. The van der Waals surface area contributed by atoms with Crippen molar-refractivity contribution in [1.29, 1.82) is 0 Å². The Labute approximate surface area is 104 Å². The number of unbranched alkanes of at least 4 members (excludes halogenated alkanes) is 1. The Morgan fingerprint density at radius 3 is 2.24 bits per heavy atom. The first-order chi connectivity index (χ1) is 8.13. The third-order valence-electron chi connectivity index (χ3n) is 3.25. The van der Waals surface area contributed by atoms with Crippen molar-refractivity contribution in [1.82, 2.24) is 9.80 Å². The van der Waals surface area contributed by atoms with Crippen molar-refractivity contribution >= 4 is 11.7 Å². The molecule has 98 valence electrons. The maximum atomic E-state index is 11.8. The van der Waals surface area contributed by atoms with Crippen LogP contribution in [0.3, 0.4) is 0 Å². The molecule has 1 amide bonds. The van der Waals surface area contributed by atoms with Crippen LogP contribution in [0.5, 0.6) is 0 Å². The first-order valence-corrected chi connectivity index (χ1v) is 6.63. The van der Waals surface area contributed by atoms with Crippen LogP contribution in [0.4, 0.5) is 0 Å². The average Bonchev–Trinajstić information content (AvgIpc) is 2.34. The molecule has 0 saturated carbocycles. The SMILES string of the molecule is CCCCC(=O)N1CCN(CCC(C)=O)CC1. The molecule has 0 aromatic carbocycles. The zero-order valence-electron chi connectivity index (χ0n) is 11.1. The van der Waals surface area contributed by atoms with E-state index in [1.807, 2.05) is 4.90 Å². The molecule has 1 heterocycles. The molecule has 4 nitrogen and oxygen atoms in total. The molecule has 0 atom stereocenters. The van der Waals surface area contributed by atoms with E-state index in [1.54, 1.807) is 6.92 Å². The Kier molecular flexibility index (Phi) is 6.19. The van der Waals surface area contributed by atoms with Crippen LogP contribution in [0.25, 0.3) is 0 Å². The van der Waals surface area contributed by atoms with Crippen LogP contribution < -0.4 is 0 Å². The minimum atomic E-state index is 0.242. The summed E-state index contributed by atoms with van der Waals surface area (Å²) in [5, 5.41) is 0. The van der Waals surface area contributed by atoms with Gasteiger partial charge in [-0.2, -0.15) is 0 Å². The van der Waals surface area contributed by atoms with Gasteiger partial charge in [0.25, 0.3) is 0 Å². The fraction of sp³-hybridized carbons (Fsp3) is 0.846. The van der Waals surface area contributed by atoms with Gasteiger partial charge in [0.2, 0.25) is 5.91 Å². The van der Waals surface area contributed by atoms with E-state index < -0.39 is 0 Å². The molecule has 0 radical (unpaired) electrons. The average molecular weight is 240 g/mol. The predicted octanol–water partition coefficient (Wildman–Crippen LogP) is 1.30. The first-order valence-electron chi connectivity index (χ1n) is 6.63. The van der Waals surface area contributed by atoms with Gasteiger partial charge in [0.05, 0.1) is 0 Å². The van der Waals surface area contributed by atoms with Gasteiger partial charge in [-0.15, -0.1) is 0 Å². The lowest BCUT2D eigenvalue weighted by atomic mass is 10.2. The van der Waals surface area contributed by atoms with Gasteiger partial charge in [-0.1, -0.05) is 13.3 Å². The molecular formula is C13H24N2O2. The summed E-state index contributed by atoms with van der Waals surface area (Å²) in [6, 6.07) is 0. The highest BCUT2D eigenvalue weighted by molar-refractivity contribution is 5.76. The number of carbonyl (C=O) groups excluding carboxylic acids is 2. The second kappa shape index (κ2) is 7.43. The maximum absolute atomic E-state index is 11.8. The molecule has 0 aromatic heterocycles. The van der Waals surface area contributed by atoms with Crippen molar-refractivity contribution in [2.45, 2.75) is 39.5 Å². The van der Waals surface area contributed by atoms with Gasteiger partial charge in [0.1, 0.15) is 5.78 Å². The zero-order chi connectivity index (χ0) is 12.7. The fourth-order valence-corrected chi connectivity index (χ4v) is 2.02. The monoisotopic (exact) mass is 240 g/mol. The summed E-state index contributed by atoms with van der Waals surface area (Å²) in [7, 11) is 0. The summed E-state index contributed by atoms with van der Waals surface area (Å²) in [6.45, 7) is 8.03. The molecule has 17 heavy (non-hydrogen) atoms. The highest BCUT2D eigenvalue weighted by Gasteiger charge is 2.20. The van der Waals surface area contributed by atoms with Crippen LogP contribution in [0, 0.1) is 0 Å². The molecule has 4 heteroatoms. The lowest BCUT2D eigenvalue weighted by Crippen LogP contribution is -2.48. The second-order valence-electron chi connectivity index (χ2n) is 4.78. The van der Waals surface area contributed by atoms with Crippen molar-refractivity contribution in [2.75, 3.05) is 32.7 Å². The van der Waals surface area contributed by atoms with Crippen molar-refractivity contribution < 1.29 is 9.59 Å². The molecule has 1 fully saturated rings. The summed E-state index contributed by atoms with van der Waals surface area (Å²) in [5.74, 6) is 0.532. The minimum Gasteiger partial charge on any atom is -0.340 e. The maximum Gasteiger partial charge on any atom is 0.222 e. The fourth-order valence-electron chi connectivity index (χ4n) is 2.02. The largest absolute Gasteiger partial charge is 0.340 e. The molecule has 0 unspecified atom stereocenters. The Morgan fingerprint density at radius 2 is 1.71 bits per heavy atom. The van der Waals surface area contributed by atoms with E-state index >= 15 is 0 Å². The number of hydrogen-bond donors (Lipinski definition) is 0. The summed E-state index contributed by atoms with van der Waals surface area (Å²) in [5.41, 5.74) is 0. The third kappa shape index (κ3) is 5.31. The number of carbonyl (C=O) groups is 2. The van der Waals surface area contributed by atoms with E-state index in [1.165, 1.54) is 0 Å². The van der Waals surface area contributed by atoms with Gasteiger partial charge in [-0.05, 0) is 13.3 Å². The van der Waals surface area contributed by atoms with Crippen LogP contribution in [0.2, 0.25) is 0 Å². The second-order valence-corrected chi connectivity index (χ2v) is 4.78. The van der Waals surface area contributed by atoms with Crippen LogP contribution in [-0.2, 0) is 9.59 Å². The Balaban J connectivity index is 2.20. The topological polar surface area (TPSA) is 40.6 Å². The normalized spacial score (nSPS) is 17.2. The quantitative estimate of drug-likeness (QED) is 0.702. The Bertz CT molecular complexity index is 258. The van der Waals surface area contributed by atoms with Crippen LogP contribution in [-0.4, -0.2) is 54.2 Å². The van der Waals surface area contributed by atoms with E-state index in [0.29, 0.717) is 12.8 Å². The molecule has 0 spiro atoms. The molecule has 1 aliphatic heterocycles. The van der Waals surface area contributed by atoms with E-state index in [9.17, 15) is 9.59 Å².